The summed E-state index contributed by atoms with van der Waals surface area (Å²) in [5, 5.41) is 0.407. The largest absolute Gasteiger partial charge is 0.348 e. The Kier molecular flexibility index (Phi) is 4.79. The summed E-state index contributed by atoms with van der Waals surface area (Å²) in [7, 11) is 0. The predicted octanol–water partition coefficient (Wildman–Crippen LogP) is 0.957. The van der Waals surface area contributed by atoms with Crippen molar-refractivity contribution >= 4 is 12.2 Å². The Labute approximate surface area is 144 Å². The number of hydrogen-bond acceptors (Lipinski definition) is 3. The summed E-state index contributed by atoms with van der Waals surface area (Å²) in [5.41, 5.74) is 1.74. The molecule has 0 aliphatic rings. The van der Waals surface area contributed by atoms with Gasteiger partial charge >= 0.3 is 0 Å². The molecule has 3 rings (SSSR count). The molecule has 0 saturated heterocycles. The molecule has 0 saturated carbocycles. The quantitative estimate of drug-likeness (QED) is 0.662. The molecule has 3 aromatic rings. The van der Waals surface area contributed by atoms with Crippen molar-refractivity contribution in [3.8, 4) is 0 Å². The highest BCUT2D eigenvalue weighted by atomic mass is 16.1. The topological polar surface area (TPSA) is 94.4 Å². The molecular formula is C19H20N4O2. The molecule has 0 fully saturated rings. The molecular weight excluding hydrogens is 316 g/mol. The minimum Gasteiger partial charge on any atom is -0.348 e. The molecule has 128 valence electrons. The van der Waals surface area contributed by atoms with Crippen molar-refractivity contribution in [2.24, 2.45) is 0 Å². The highest BCUT2D eigenvalue weighted by molar-refractivity contribution is 5.48. The summed E-state index contributed by atoms with van der Waals surface area (Å²) in [6.07, 6.45) is 5.78. The number of rotatable bonds is 4. The van der Waals surface area contributed by atoms with Gasteiger partial charge in [-0.25, -0.2) is 4.98 Å². The van der Waals surface area contributed by atoms with Gasteiger partial charge in [0.2, 0.25) is 0 Å². The predicted molar refractivity (Wildman–Crippen MR) is 97.8 cm³/mol. The van der Waals surface area contributed by atoms with Crippen molar-refractivity contribution in [3.05, 3.63) is 85.0 Å². The van der Waals surface area contributed by atoms with Crippen LogP contribution in [0.3, 0.4) is 0 Å². The monoisotopic (exact) mass is 336 g/mol. The zero-order valence-electron chi connectivity index (χ0n) is 14.2. The zero-order valence-corrected chi connectivity index (χ0v) is 14.2. The van der Waals surface area contributed by atoms with Gasteiger partial charge in [0.05, 0.1) is 12.0 Å². The van der Waals surface area contributed by atoms with Crippen molar-refractivity contribution in [1.29, 1.82) is 0 Å². The molecule has 6 heteroatoms. The lowest BCUT2D eigenvalue weighted by Gasteiger charge is -2.06. The van der Waals surface area contributed by atoms with Crippen LogP contribution in [0.15, 0.2) is 46.2 Å². The Morgan fingerprint density at radius 1 is 1.04 bits per heavy atom. The fourth-order valence-corrected chi connectivity index (χ4v) is 2.58. The third-order valence-electron chi connectivity index (χ3n) is 4.18. The van der Waals surface area contributed by atoms with E-state index >= 15 is 0 Å². The molecule has 0 bridgehead atoms. The second-order valence-corrected chi connectivity index (χ2v) is 5.95. The molecule has 0 aliphatic heterocycles. The first-order valence-corrected chi connectivity index (χ1v) is 8.23. The number of aromatic amines is 3. The summed E-state index contributed by atoms with van der Waals surface area (Å²) < 4.78 is 0. The Hall–Kier alpha value is -3.15. The van der Waals surface area contributed by atoms with Gasteiger partial charge in [0, 0.05) is 5.69 Å². The van der Waals surface area contributed by atoms with Gasteiger partial charge in [-0.05, 0) is 30.1 Å². The van der Waals surface area contributed by atoms with Gasteiger partial charge in [-0.15, -0.1) is 0 Å². The first kappa shape index (κ1) is 16.7. The Morgan fingerprint density at radius 2 is 1.68 bits per heavy atom. The zero-order chi connectivity index (χ0) is 17.8. The fraction of sp³-hybridized carbons (Fsp3) is 0.211. The van der Waals surface area contributed by atoms with Gasteiger partial charge in [0.25, 0.3) is 11.1 Å². The first-order valence-electron chi connectivity index (χ1n) is 8.23. The van der Waals surface area contributed by atoms with E-state index in [0.29, 0.717) is 5.69 Å². The number of hydrogen-bond donors (Lipinski definition) is 3. The minimum absolute atomic E-state index is 0.187. The molecule has 1 atom stereocenters. The van der Waals surface area contributed by atoms with E-state index in [0.717, 1.165) is 17.7 Å². The normalized spacial score (nSPS) is 14.0. The molecule has 0 amide bonds. The lowest BCUT2D eigenvalue weighted by atomic mass is 10.0. The van der Waals surface area contributed by atoms with E-state index in [1.165, 1.54) is 0 Å². The lowest BCUT2D eigenvalue weighted by molar-refractivity contribution is 0.711. The van der Waals surface area contributed by atoms with Crippen LogP contribution in [0.1, 0.15) is 43.1 Å². The van der Waals surface area contributed by atoms with Crippen LogP contribution in [0.25, 0.3) is 12.2 Å². The van der Waals surface area contributed by atoms with Gasteiger partial charge in [-0.3, -0.25) is 9.59 Å². The van der Waals surface area contributed by atoms with Crippen LogP contribution in [0, 0.1) is 0 Å². The number of aromatic nitrogens is 4. The van der Waals surface area contributed by atoms with E-state index in [4.69, 9.17) is 0 Å². The van der Waals surface area contributed by atoms with Crippen LogP contribution in [0.2, 0.25) is 0 Å². The van der Waals surface area contributed by atoms with Crippen molar-refractivity contribution in [3.63, 3.8) is 0 Å². The number of benzene rings is 1. The molecule has 1 aromatic carbocycles. The molecule has 0 spiro atoms. The highest BCUT2D eigenvalue weighted by Gasteiger charge is 2.10. The highest BCUT2D eigenvalue weighted by Crippen LogP contribution is 2.19. The van der Waals surface area contributed by atoms with Crippen molar-refractivity contribution in [1.82, 2.24) is 19.9 Å². The molecule has 3 N–H and O–H groups in total. The number of H-pyrrole nitrogens is 3. The van der Waals surface area contributed by atoms with E-state index in [1.54, 1.807) is 18.5 Å². The summed E-state index contributed by atoms with van der Waals surface area (Å²) in [6, 6.07) is 9.35. The van der Waals surface area contributed by atoms with Crippen LogP contribution in [0.4, 0.5) is 0 Å². The third kappa shape index (κ3) is 3.68. The maximum Gasteiger partial charge on any atom is 0.272 e. The van der Waals surface area contributed by atoms with E-state index in [9.17, 15) is 9.59 Å². The SMILES string of the molecule is CCC(C)c1[nH]cnc1/C=c1\[nH]c(=O)/c(=C/c2ccccc2)[nH]c1=O. The van der Waals surface area contributed by atoms with Gasteiger partial charge in [0.15, 0.2) is 0 Å². The smallest absolute Gasteiger partial charge is 0.272 e. The summed E-state index contributed by atoms with van der Waals surface area (Å²) >= 11 is 0. The van der Waals surface area contributed by atoms with Gasteiger partial charge in [0.1, 0.15) is 10.7 Å². The number of nitrogens with zero attached hydrogens (tertiary/aromatic N) is 1. The van der Waals surface area contributed by atoms with Crippen LogP contribution in [-0.4, -0.2) is 19.9 Å². The van der Waals surface area contributed by atoms with E-state index < -0.39 is 0 Å². The summed E-state index contributed by atoms with van der Waals surface area (Å²) in [4.78, 5) is 37.3. The van der Waals surface area contributed by atoms with E-state index in [2.05, 4.69) is 33.8 Å². The van der Waals surface area contributed by atoms with Crippen LogP contribution >= 0.6 is 0 Å². The molecule has 0 aliphatic carbocycles. The van der Waals surface area contributed by atoms with Crippen molar-refractivity contribution < 1.29 is 0 Å². The summed E-state index contributed by atoms with van der Waals surface area (Å²) in [6.45, 7) is 4.16. The van der Waals surface area contributed by atoms with Gasteiger partial charge in [-0.1, -0.05) is 44.2 Å². The molecule has 2 heterocycles. The van der Waals surface area contributed by atoms with Crippen molar-refractivity contribution in [2.45, 2.75) is 26.2 Å². The first-order chi connectivity index (χ1) is 12.1. The second kappa shape index (κ2) is 7.17. The Balaban J connectivity index is 2.11. The molecule has 25 heavy (non-hydrogen) atoms. The van der Waals surface area contributed by atoms with Crippen LogP contribution in [-0.2, 0) is 0 Å². The third-order valence-corrected chi connectivity index (χ3v) is 4.18. The molecule has 6 nitrogen and oxygen atoms in total. The minimum atomic E-state index is -0.361. The second-order valence-electron chi connectivity index (χ2n) is 5.95. The van der Waals surface area contributed by atoms with Crippen molar-refractivity contribution in [2.75, 3.05) is 0 Å². The molecule has 0 radical (unpaired) electrons. The molecule has 1 unspecified atom stereocenters. The average Bonchev–Trinajstić information content (AvgIpc) is 3.07. The number of imidazole rings is 1. The Morgan fingerprint density at radius 3 is 2.32 bits per heavy atom. The van der Waals surface area contributed by atoms with E-state index in [1.807, 2.05) is 30.3 Å². The van der Waals surface area contributed by atoms with Crippen LogP contribution < -0.4 is 21.8 Å². The summed E-state index contributed by atoms with van der Waals surface area (Å²) in [5.74, 6) is 0.283. The Bertz CT molecular complexity index is 1090. The maximum absolute atomic E-state index is 12.3. The van der Waals surface area contributed by atoms with Gasteiger partial charge in [-0.2, -0.15) is 0 Å². The maximum atomic E-state index is 12.3. The standard InChI is InChI=1S/C19H20N4O2/c1-3-12(2)17-14(20-11-21-17)10-16-19(25)22-15(18(24)23-16)9-13-7-5-4-6-8-13/h4-12H,3H2,1-2H3,(H,20,21)(H,22,25)(H,23,24)/b15-9-,16-10-. The van der Waals surface area contributed by atoms with Gasteiger partial charge < -0.3 is 15.0 Å². The lowest BCUT2D eigenvalue weighted by Crippen LogP contribution is -2.46. The fourth-order valence-electron chi connectivity index (χ4n) is 2.58. The number of nitrogens with one attached hydrogen (secondary N) is 3. The average molecular weight is 336 g/mol. The van der Waals surface area contributed by atoms with E-state index in [-0.39, 0.29) is 27.7 Å². The van der Waals surface area contributed by atoms with Crippen LogP contribution in [0.5, 0.6) is 0 Å². The molecule has 2 aromatic heterocycles.